The number of hydrogen-bond donors (Lipinski definition) is 2. The molecular weight excluding hydrogens is 214 g/mol. The van der Waals surface area contributed by atoms with Crippen molar-refractivity contribution in [1.82, 2.24) is 4.90 Å². The maximum absolute atomic E-state index is 5.94. The molecule has 0 bridgehead atoms. The molecule has 94 valence electrons. The number of benzene rings is 1. The van der Waals surface area contributed by atoms with Crippen molar-refractivity contribution in [2.24, 2.45) is 0 Å². The molecule has 4 nitrogen and oxygen atoms in total. The van der Waals surface area contributed by atoms with Crippen LogP contribution >= 0.6 is 0 Å². The number of ether oxygens (including phenoxy) is 1. The minimum atomic E-state index is 0.689. The molecule has 1 aromatic carbocycles. The Labute approximate surface area is 103 Å². The maximum Gasteiger partial charge on any atom is 0.0594 e. The van der Waals surface area contributed by atoms with Gasteiger partial charge in [-0.1, -0.05) is 12.1 Å². The number of nitrogens with two attached hydrogens (primary N) is 2. The van der Waals surface area contributed by atoms with Crippen LogP contribution in [0.2, 0.25) is 0 Å². The molecule has 4 heteroatoms. The van der Waals surface area contributed by atoms with E-state index < -0.39 is 0 Å². The number of para-hydroxylation sites is 1. The molecule has 4 N–H and O–H groups in total. The van der Waals surface area contributed by atoms with Crippen LogP contribution in [0.5, 0.6) is 0 Å². The molecular formula is C13H21N3O. The minimum Gasteiger partial charge on any atom is -0.397 e. The fourth-order valence-electron chi connectivity index (χ4n) is 2.17. The van der Waals surface area contributed by atoms with Gasteiger partial charge in [-0.2, -0.15) is 0 Å². The molecule has 0 unspecified atom stereocenters. The van der Waals surface area contributed by atoms with Gasteiger partial charge in [0.2, 0.25) is 0 Å². The van der Waals surface area contributed by atoms with Crippen molar-refractivity contribution in [2.45, 2.75) is 12.8 Å². The molecule has 2 rings (SSSR count). The minimum absolute atomic E-state index is 0.689. The van der Waals surface area contributed by atoms with Crippen molar-refractivity contribution in [3.8, 4) is 0 Å². The molecule has 1 aromatic rings. The molecule has 1 aliphatic rings. The Morgan fingerprint density at radius 2 is 1.94 bits per heavy atom. The van der Waals surface area contributed by atoms with Gasteiger partial charge in [0.25, 0.3) is 0 Å². The average molecular weight is 235 g/mol. The van der Waals surface area contributed by atoms with Gasteiger partial charge >= 0.3 is 0 Å². The number of morpholine rings is 1. The third kappa shape index (κ3) is 3.35. The van der Waals surface area contributed by atoms with Crippen molar-refractivity contribution in [1.29, 1.82) is 0 Å². The van der Waals surface area contributed by atoms with Crippen LogP contribution < -0.4 is 11.5 Å². The third-order valence-corrected chi connectivity index (χ3v) is 3.25. The van der Waals surface area contributed by atoms with E-state index >= 15 is 0 Å². The Bertz CT molecular complexity index is 362. The molecule has 17 heavy (non-hydrogen) atoms. The van der Waals surface area contributed by atoms with E-state index in [4.69, 9.17) is 16.2 Å². The lowest BCUT2D eigenvalue weighted by molar-refractivity contribution is 0.0375. The zero-order valence-corrected chi connectivity index (χ0v) is 10.2. The molecule has 0 radical (unpaired) electrons. The van der Waals surface area contributed by atoms with Gasteiger partial charge in [0.1, 0.15) is 0 Å². The maximum atomic E-state index is 5.94. The first-order valence-corrected chi connectivity index (χ1v) is 6.20. The van der Waals surface area contributed by atoms with Crippen molar-refractivity contribution >= 4 is 11.4 Å². The number of rotatable bonds is 4. The molecule has 1 saturated heterocycles. The predicted octanol–water partition coefficient (Wildman–Crippen LogP) is 1.12. The summed E-state index contributed by atoms with van der Waals surface area (Å²) in [4.78, 5) is 2.44. The van der Waals surface area contributed by atoms with Crippen molar-refractivity contribution in [2.75, 3.05) is 44.3 Å². The van der Waals surface area contributed by atoms with E-state index in [9.17, 15) is 0 Å². The second kappa shape index (κ2) is 5.89. The van der Waals surface area contributed by atoms with E-state index in [0.717, 1.165) is 51.4 Å². The zero-order chi connectivity index (χ0) is 12.1. The van der Waals surface area contributed by atoms with Crippen molar-refractivity contribution < 1.29 is 4.74 Å². The van der Waals surface area contributed by atoms with Gasteiger partial charge in [-0.05, 0) is 31.0 Å². The summed E-state index contributed by atoms with van der Waals surface area (Å²) in [7, 11) is 0. The number of nitrogens with zero attached hydrogens (tertiary/aromatic N) is 1. The zero-order valence-electron chi connectivity index (χ0n) is 10.2. The highest BCUT2D eigenvalue weighted by Crippen LogP contribution is 2.20. The van der Waals surface area contributed by atoms with Gasteiger partial charge in [-0.25, -0.2) is 0 Å². The summed E-state index contributed by atoms with van der Waals surface area (Å²) in [5, 5.41) is 0. The Hall–Kier alpha value is -1.26. The SMILES string of the molecule is Nc1cccc(CCCN2CCOCC2)c1N. The summed E-state index contributed by atoms with van der Waals surface area (Å²) < 4.78 is 5.32. The fraction of sp³-hybridized carbons (Fsp3) is 0.538. The number of hydrogen-bond acceptors (Lipinski definition) is 4. The van der Waals surface area contributed by atoms with Crippen LogP contribution in [-0.2, 0) is 11.2 Å². The molecule has 1 fully saturated rings. The van der Waals surface area contributed by atoms with E-state index in [0.29, 0.717) is 5.69 Å². The molecule has 0 amide bonds. The highest BCUT2D eigenvalue weighted by atomic mass is 16.5. The Balaban J connectivity index is 1.79. The molecule has 0 spiro atoms. The van der Waals surface area contributed by atoms with Gasteiger partial charge < -0.3 is 16.2 Å². The molecule has 0 aromatic heterocycles. The van der Waals surface area contributed by atoms with Crippen LogP contribution in [0.15, 0.2) is 18.2 Å². The van der Waals surface area contributed by atoms with Crippen LogP contribution in [0.1, 0.15) is 12.0 Å². The largest absolute Gasteiger partial charge is 0.397 e. The second-order valence-corrected chi connectivity index (χ2v) is 4.48. The number of anilines is 2. The van der Waals surface area contributed by atoms with E-state index in [1.165, 1.54) is 5.56 Å². The monoisotopic (exact) mass is 235 g/mol. The first-order valence-electron chi connectivity index (χ1n) is 6.20. The molecule has 0 saturated carbocycles. The van der Waals surface area contributed by atoms with Gasteiger partial charge in [-0.3, -0.25) is 4.90 Å². The molecule has 0 aliphatic carbocycles. The van der Waals surface area contributed by atoms with Gasteiger partial charge in [0.05, 0.1) is 24.6 Å². The normalized spacial score (nSPS) is 17.2. The molecule has 0 atom stereocenters. The van der Waals surface area contributed by atoms with Gasteiger partial charge in [0, 0.05) is 13.1 Å². The van der Waals surface area contributed by atoms with Crippen LogP contribution in [0.25, 0.3) is 0 Å². The summed E-state index contributed by atoms with van der Waals surface area (Å²) in [5.74, 6) is 0. The van der Waals surface area contributed by atoms with Crippen LogP contribution in [0.3, 0.4) is 0 Å². The lowest BCUT2D eigenvalue weighted by Crippen LogP contribution is -2.36. The average Bonchev–Trinajstić information content (AvgIpc) is 2.36. The van der Waals surface area contributed by atoms with Crippen LogP contribution in [0, 0.1) is 0 Å². The van der Waals surface area contributed by atoms with E-state index in [1.54, 1.807) is 0 Å². The summed E-state index contributed by atoms with van der Waals surface area (Å²) in [6.07, 6.45) is 2.11. The first-order chi connectivity index (χ1) is 8.27. The highest BCUT2D eigenvalue weighted by molar-refractivity contribution is 5.67. The van der Waals surface area contributed by atoms with Crippen molar-refractivity contribution in [3.63, 3.8) is 0 Å². The van der Waals surface area contributed by atoms with Crippen molar-refractivity contribution in [3.05, 3.63) is 23.8 Å². The van der Waals surface area contributed by atoms with Gasteiger partial charge in [0.15, 0.2) is 0 Å². The highest BCUT2D eigenvalue weighted by Gasteiger charge is 2.10. The Morgan fingerprint density at radius 3 is 2.71 bits per heavy atom. The standard InChI is InChI=1S/C13H21N3O/c14-12-5-1-3-11(13(12)15)4-2-6-16-7-9-17-10-8-16/h1,3,5H,2,4,6-10,14-15H2. The molecule has 1 aliphatic heterocycles. The Kier molecular flexibility index (Phi) is 4.23. The lowest BCUT2D eigenvalue weighted by atomic mass is 10.1. The van der Waals surface area contributed by atoms with Crippen LogP contribution in [-0.4, -0.2) is 37.7 Å². The quantitative estimate of drug-likeness (QED) is 0.767. The predicted molar refractivity (Wildman–Crippen MR) is 70.8 cm³/mol. The van der Waals surface area contributed by atoms with E-state index in [-0.39, 0.29) is 0 Å². The topological polar surface area (TPSA) is 64.5 Å². The first kappa shape index (κ1) is 12.2. The fourth-order valence-corrected chi connectivity index (χ4v) is 2.17. The number of nitrogen functional groups attached to an aromatic ring is 2. The van der Waals surface area contributed by atoms with E-state index in [1.807, 2.05) is 12.1 Å². The summed E-state index contributed by atoms with van der Waals surface area (Å²) in [6, 6.07) is 5.88. The molecule has 1 heterocycles. The summed E-state index contributed by atoms with van der Waals surface area (Å²) in [5.41, 5.74) is 14.3. The van der Waals surface area contributed by atoms with Crippen LogP contribution in [0.4, 0.5) is 11.4 Å². The Morgan fingerprint density at radius 1 is 1.18 bits per heavy atom. The smallest absolute Gasteiger partial charge is 0.0594 e. The summed E-state index contributed by atoms with van der Waals surface area (Å²) >= 11 is 0. The lowest BCUT2D eigenvalue weighted by Gasteiger charge is -2.26. The second-order valence-electron chi connectivity index (χ2n) is 4.48. The third-order valence-electron chi connectivity index (χ3n) is 3.25. The number of aryl methyl sites for hydroxylation is 1. The summed E-state index contributed by atoms with van der Waals surface area (Å²) in [6.45, 7) is 4.93. The van der Waals surface area contributed by atoms with E-state index in [2.05, 4.69) is 11.0 Å². The van der Waals surface area contributed by atoms with Gasteiger partial charge in [-0.15, -0.1) is 0 Å².